The normalized spacial score (nSPS) is 11.1. The lowest BCUT2D eigenvalue weighted by atomic mass is 10.1. The second-order valence-corrected chi connectivity index (χ2v) is 4.89. The molecule has 3 aromatic rings. The minimum absolute atomic E-state index is 0.0640. The van der Waals surface area contributed by atoms with Crippen molar-refractivity contribution in [2.24, 2.45) is 0 Å². The summed E-state index contributed by atoms with van der Waals surface area (Å²) >= 11 is 11.6. The van der Waals surface area contributed by atoms with Crippen LogP contribution in [0.1, 0.15) is 0 Å². The fourth-order valence-electron chi connectivity index (χ4n) is 1.89. The largest absolute Gasteiger partial charge is 0.383 e. The van der Waals surface area contributed by atoms with Gasteiger partial charge in [0.2, 0.25) is 0 Å². The Morgan fingerprint density at radius 1 is 1.16 bits per heavy atom. The molecule has 0 saturated carbocycles. The first kappa shape index (κ1) is 12.3. The van der Waals surface area contributed by atoms with E-state index in [-0.39, 0.29) is 5.02 Å². The van der Waals surface area contributed by atoms with Gasteiger partial charge in [-0.2, -0.15) is 0 Å². The predicted molar refractivity (Wildman–Crippen MR) is 75.0 cm³/mol. The fourth-order valence-corrected chi connectivity index (χ4v) is 2.17. The standard InChI is InChI=1S/C13H8Cl2FN3/c14-8-2-4-11-18-12(13(17)19(11)6-8)7-1-3-9(15)10(16)5-7/h1-6H,17H2. The lowest BCUT2D eigenvalue weighted by Gasteiger charge is -2.01. The highest BCUT2D eigenvalue weighted by Crippen LogP contribution is 2.29. The Kier molecular flexibility index (Phi) is 2.84. The average Bonchev–Trinajstić information content (AvgIpc) is 2.70. The molecule has 0 saturated heterocycles. The Labute approximate surface area is 118 Å². The summed E-state index contributed by atoms with van der Waals surface area (Å²) in [6.07, 6.45) is 1.66. The minimum Gasteiger partial charge on any atom is -0.383 e. The monoisotopic (exact) mass is 295 g/mol. The van der Waals surface area contributed by atoms with Crippen LogP contribution in [0.3, 0.4) is 0 Å². The van der Waals surface area contributed by atoms with E-state index in [0.717, 1.165) is 0 Å². The van der Waals surface area contributed by atoms with E-state index in [0.29, 0.717) is 27.7 Å². The molecule has 0 aliphatic rings. The van der Waals surface area contributed by atoms with Crippen molar-refractivity contribution in [3.05, 3.63) is 52.4 Å². The van der Waals surface area contributed by atoms with E-state index in [1.807, 2.05) is 0 Å². The number of nitrogens with zero attached hydrogens (tertiary/aromatic N) is 2. The molecule has 0 fully saturated rings. The summed E-state index contributed by atoms with van der Waals surface area (Å²) in [6.45, 7) is 0. The second kappa shape index (κ2) is 4.40. The van der Waals surface area contributed by atoms with E-state index < -0.39 is 5.82 Å². The van der Waals surface area contributed by atoms with Crippen LogP contribution >= 0.6 is 23.2 Å². The number of nitrogen functional groups attached to an aromatic ring is 1. The molecule has 0 bridgehead atoms. The Hall–Kier alpha value is -1.78. The molecule has 3 nitrogen and oxygen atoms in total. The van der Waals surface area contributed by atoms with Crippen molar-refractivity contribution in [3.63, 3.8) is 0 Å². The Morgan fingerprint density at radius 2 is 1.95 bits per heavy atom. The topological polar surface area (TPSA) is 43.3 Å². The molecule has 0 atom stereocenters. The first-order valence-electron chi connectivity index (χ1n) is 5.45. The van der Waals surface area contributed by atoms with Crippen LogP contribution in [-0.2, 0) is 0 Å². The van der Waals surface area contributed by atoms with Crippen LogP contribution in [0.25, 0.3) is 16.9 Å². The molecule has 96 valence electrons. The van der Waals surface area contributed by atoms with Crippen LogP contribution in [0.4, 0.5) is 10.2 Å². The maximum absolute atomic E-state index is 13.5. The van der Waals surface area contributed by atoms with Crippen molar-refractivity contribution in [1.29, 1.82) is 0 Å². The van der Waals surface area contributed by atoms with Gasteiger partial charge in [-0.3, -0.25) is 4.40 Å². The molecule has 1 aromatic carbocycles. The number of hydrogen-bond acceptors (Lipinski definition) is 2. The number of imidazole rings is 1. The smallest absolute Gasteiger partial charge is 0.142 e. The summed E-state index contributed by atoms with van der Waals surface area (Å²) in [7, 11) is 0. The van der Waals surface area contributed by atoms with E-state index in [1.54, 1.807) is 28.8 Å². The molecule has 2 heterocycles. The third-order valence-electron chi connectivity index (χ3n) is 2.81. The summed E-state index contributed by atoms with van der Waals surface area (Å²) in [6, 6.07) is 7.92. The molecular formula is C13H8Cl2FN3. The summed E-state index contributed by atoms with van der Waals surface area (Å²) in [5.41, 5.74) is 7.73. The van der Waals surface area contributed by atoms with E-state index in [1.165, 1.54) is 12.1 Å². The number of anilines is 1. The van der Waals surface area contributed by atoms with Gasteiger partial charge in [-0.05, 0) is 24.3 Å². The molecule has 19 heavy (non-hydrogen) atoms. The summed E-state index contributed by atoms with van der Waals surface area (Å²) in [5.74, 6) is -0.104. The van der Waals surface area contributed by atoms with Gasteiger partial charge in [-0.25, -0.2) is 9.37 Å². The lowest BCUT2D eigenvalue weighted by molar-refractivity contribution is 0.629. The molecule has 0 aliphatic carbocycles. The molecule has 0 amide bonds. The summed E-state index contributed by atoms with van der Waals surface area (Å²) < 4.78 is 15.1. The number of benzene rings is 1. The van der Waals surface area contributed by atoms with Crippen LogP contribution in [0, 0.1) is 5.82 Å². The number of nitrogens with two attached hydrogens (primary N) is 1. The SMILES string of the molecule is Nc1c(-c2ccc(Cl)c(F)c2)nc2ccc(Cl)cn12. The second-order valence-electron chi connectivity index (χ2n) is 4.05. The van der Waals surface area contributed by atoms with Crippen molar-refractivity contribution in [2.45, 2.75) is 0 Å². The summed E-state index contributed by atoms with van der Waals surface area (Å²) in [4.78, 5) is 4.36. The quantitative estimate of drug-likeness (QED) is 0.736. The maximum Gasteiger partial charge on any atom is 0.142 e. The zero-order valence-corrected chi connectivity index (χ0v) is 11.1. The lowest BCUT2D eigenvalue weighted by Crippen LogP contribution is -1.94. The molecular weight excluding hydrogens is 288 g/mol. The van der Waals surface area contributed by atoms with Crippen LogP contribution in [-0.4, -0.2) is 9.38 Å². The number of rotatable bonds is 1. The minimum atomic E-state index is -0.506. The van der Waals surface area contributed by atoms with Crippen LogP contribution < -0.4 is 5.73 Å². The van der Waals surface area contributed by atoms with Gasteiger partial charge in [-0.1, -0.05) is 29.3 Å². The van der Waals surface area contributed by atoms with Gasteiger partial charge in [0.25, 0.3) is 0 Å². The van der Waals surface area contributed by atoms with E-state index in [9.17, 15) is 4.39 Å². The van der Waals surface area contributed by atoms with Crippen molar-refractivity contribution in [1.82, 2.24) is 9.38 Å². The van der Waals surface area contributed by atoms with Crippen molar-refractivity contribution in [3.8, 4) is 11.3 Å². The zero-order chi connectivity index (χ0) is 13.6. The highest BCUT2D eigenvalue weighted by atomic mass is 35.5. The summed E-state index contributed by atoms with van der Waals surface area (Å²) in [5, 5.41) is 0.611. The molecule has 0 aliphatic heterocycles. The predicted octanol–water partition coefficient (Wildman–Crippen LogP) is 4.03. The molecule has 6 heteroatoms. The van der Waals surface area contributed by atoms with Gasteiger partial charge in [0, 0.05) is 11.8 Å². The molecule has 0 radical (unpaired) electrons. The third kappa shape index (κ3) is 2.03. The highest BCUT2D eigenvalue weighted by Gasteiger charge is 2.13. The van der Waals surface area contributed by atoms with Gasteiger partial charge in [-0.15, -0.1) is 0 Å². The van der Waals surface area contributed by atoms with Gasteiger partial charge in [0.1, 0.15) is 23.0 Å². The van der Waals surface area contributed by atoms with Crippen molar-refractivity contribution in [2.75, 3.05) is 5.73 Å². The van der Waals surface area contributed by atoms with Crippen LogP contribution in [0.15, 0.2) is 36.5 Å². The number of aromatic nitrogens is 2. The highest BCUT2D eigenvalue weighted by molar-refractivity contribution is 6.31. The Bertz CT molecular complexity index is 783. The first-order valence-corrected chi connectivity index (χ1v) is 6.20. The van der Waals surface area contributed by atoms with E-state index in [2.05, 4.69) is 4.98 Å². The van der Waals surface area contributed by atoms with Gasteiger partial charge in [0.05, 0.1) is 10.0 Å². The van der Waals surface area contributed by atoms with Crippen molar-refractivity contribution >= 4 is 34.7 Å². The molecule has 2 aromatic heterocycles. The van der Waals surface area contributed by atoms with Gasteiger partial charge < -0.3 is 5.73 Å². The number of fused-ring (bicyclic) bond motifs is 1. The molecule has 3 rings (SSSR count). The average molecular weight is 296 g/mol. The number of hydrogen-bond donors (Lipinski definition) is 1. The van der Waals surface area contributed by atoms with E-state index >= 15 is 0 Å². The number of pyridine rings is 1. The van der Waals surface area contributed by atoms with Crippen molar-refractivity contribution < 1.29 is 4.39 Å². The Balaban J connectivity index is 2.24. The zero-order valence-electron chi connectivity index (χ0n) is 9.57. The van der Waals surface area contributed by atoms with Crippen LogP contribution in [0.5, 0.6) is 0 Å². The first-order chi connectivity index (χ1) is 9.06. The Morgan fingerprint density at radius 3 is 2.68 bits per heavy atom. The number of halogens is 3. The van der Waals surface area contributed by atoms with Gasteiger partial charge >= 0.3 is 0 Å². The maximum atomic E-state index is 13.5. The van der Waals surface area contributed by atoms with Crippen LogP contribution in [0.2, 0.25) is 10.0 Å². The molecule has 0 unspecified atom stereocenters. The molecule has 2 N–H and O–H groups in total. The third-order valence-corrected chi connectivity index (χ3v) is 3.34. The van der Waals surface area contributed by atoms with Gasteiger partial charge in [0.15, 0.2) is 0 Å². The molecule has 0 spiro atoms. The fraction of sp³-hybridized carbons (Fsp3) is 0. The van der Waals surface area contributed by atoms with E-state index in [4.69, 9.17) is 28.9 Å².